The van der Waals surface area contributed by atoms with E-state index in [2.05, 4.69) is 54.6 Å². The maximum atomic E-state index is 7.38. The Morgan fingerprint density at radius 3 is 2.44 bits per heavy atom. The maximum absolute atomic E-state index is 7.38. The smallest absolute Gasteiger partial charge is 0.0751 e. The topological polar surface area (TPSA) is 0 Å². The van der Waals surface area contributed by atoms with Crippen LogP contribution >= 0.6 is 34.8 Å². The molecule has 0 saturated heterocycles. The zero-order valence-electron chi connectivity index (χ0n) is 13.6. The van der Waals surface area contributed by atoms with Gasteiger partial charge in [0.25, 0.3) is 0 Å². The lowest BCUT2D eigenvalue weighted by Crippen LogP contribution is -2.40. The Morgan fingerprint density at radius 2 is 1.64 bits per heavy atom. The van der Waals surface area contributed by atoms with Gasteiger partial charge in [0.15, 0.2) is 0 Å². The molecule has 3 aliphatic carbocycles. The molecule has 0 saturated carbocycles. The van der Waals surface area contributed by atoms with Gasteiger partial charge in [-0.2, -0.15) is 0 Å². The third-order valence-corrected chi connectivity index (χ3v) is 7.62. The summed E-state index contributed by atoms with van der Waals surface area (Å²) in [7, 11) is 0. The normalized spacial score (nSPS) is 30.0. The molecule has 2 aromatic carbocycles. The van der Waals surface area contributed by atoms with Gasteiger partial charge in [-0.25, -0.2) is 0 Å². The molecule has 0 aliphatic heterocycles. The van der Waals surface area contributed by atoms with Crippen LogP contribution in [0.5, 0.6) is 0 Å². The lowest BCUT2D eigenvalue weighted by Gasteiger charge is -2.42. The molecule has 5 rings (SSSR count). The lowest BCUT2D eigenvalue weighted by molar-refractivity contribution is 0.374. The van der Waals surface area contributed by atoms with E-state index in [9.17, 15) is 0 Å². The number of rotatable bonds is 1. The molecule has 0 spiro atoms. The third kappa shape index (κ3) is 2.28. The Bertz CT molecular complexity index is 940. The molecule has 0 nitrogen and oxygen atoms in total. The van der Waals surface area contributed by atoms with Crippen LogP contribution in [0.25, 0.3) is 6.08 Å². The van der Waals surface area contributed by atoms with Gasteiger partial charge in [-0.1, -0.05) is 77.8 Å². The predicted molar refractivity (Wildman–Crippen MR) is 106 cm³/mol. The van der Waals surface area contributed by atoms with Crippen molar-refractivity contribution in [1.82, 2.24) is 0 Å². The molecule has 3 aliphatic rings. The molecule has 1 unspecified atom stereocenters. The second-order valence-corrected chi connectivity index (χ2v) is 8.86. The van der Waals surface area contributed by atoms with E-state index >= 15 is 0 Å². The number of fused-ring (bicyclic) bond motifs is 4. The van der Waals surface area contributed by atoms with Crippen molar-refractivity contribution in [3.63, 3.8) is 0 Å². The molecule has 0 heterocycles. The Hall–Kier alpha value is -1.21. The molecule has 0 fully saturated rings. The molecule has 3 atom stereocenters. The number of allylic oxidation sites excluding steroid dienone is 3. The van der Waals surface area contributed by atoms with E-state index in [1.54, 1.807) is 0 Å². The quantitative estimate of drug-likeness (QED) is 0.480. The Balaban J connectivity index is 1.62. The first-order valence-corrected chi connectivity index (χ1v) is 9.81. The number of hydrogen-bond donors (Lipinski definition) is 0. The first-order chi connectivity index (χ1) is 12.1. The molecule has 2 aromatic rings. The van der Waals surface area contributed by atoms with Crippen LogP contribution in [0.3, 0.4) is 0 Å². The van der Waals surface area contributed by atoms with Crippen LogP contribution in [0.2, 0.25) is 0 Å². The van der Waals surface area contributed by atoms with Gasteiger partial charge in [0.1, 0.15) is 0 Å². The van der Waals surface area contributed by atoms with Gasteiger partial charge >= 0.3 is 0 Å². The van der Waals surface area contributed by atoms with Gasteiger partial charge in [-0.3, -0.25) is 0 Å². The molecule has 25 heavy (non-hydrogen) atoms. The highest BCUT2D eigenvalue weighted by atomic mass is 35.5. The summed E-state index contributed by atoms with van der Waals surface area (Å²) in [5.41, 5.74) is 6.54. The molecule has 0 N–H and O–H groups in total. The van der Waals surface area contributed by atoms with Crippen molar-refractivity contribution in [3.05, 3.63) is 86.4 Å². The molecule has 126 valence electrons. The van der Waals surface area contributed by atoms with E-state index in [0.717, 1.165) is 17.9 Å². The molecular formula is C22H17Cl3. The van der Waals surface area contributed by atoms with Gasteiger partial charge < -0.3 is 0 Å². The number of alkyl halides is 1. The van der Waals surface area contributed by atoms with Gasteiger partial charge in [0.05, 0.1) is 4.87 Å². The van der Waals surface area contributed by atoms with Crippen molar-refractivity contribution in [2.75, 3.05) is 0 Å². The first-order valence-electron chi connectivity index (χ1n) is 8.67. The standard InChI is InChI=1S/C22H17Cl3/c23-19-12-22(25,16-9-13-5-1-2-6-14(13)10-16)18-11-15-7-3-4-8-17(15)20(18)21(19)24/h1-9,18,20H,10-12H2/t18-,20+,22?/m0/s1. The molecular weight excluding hydrogens is 371 g/mol. The van der Waals surface area contributed by atoms with Crippen LogP contribution in [0.4, 0.5) is 0 Å². The Morgan fingerprint density at radius 1 is 0.920 bits per heavy atom. The molecule has 0 aromatic heterocycles. The maximum Gasteiger partial charge on any atom is 0.0751 e. The van der Waals surface area contributed by atoms with Gasteiger partial charge in [0, 0.05) is 22.4 Å². The highest BCUT2D eigenvalue weighted by Crippen LogP contribution is 2.60. The Kier molecular flexibility index (Phi) is 3.61. The Labute approximate surface area is 163 Å². The summed E-state index contributed by atoms with van der Waals surface area (Å²) in [6, 6.07) is 17.1. The second-order valence-electron chi connectivity index (χ2n) is 7.32. The van der Waals surface area contributed by atoms with Crippen LogP contribution in [0.1, 0.15) is 34.6 Å². The minimum atomic E-state index is -0.474. The van der Waals surface area contributed by atoms with Crippen molar-refractivity contribution in [3.8, 4) is 0 Å². The SMILES string of the molecule is ClC1=C(Cl)[C@@H]2c3ccccc3C[C@@H]2C(Cl)(C2=Cc3ccccc3C2)C1. The molecule has 0 bridgehead atoms. The zero-order chi connectivity index (χ0) is 17.2. The van der Waals surface area contributed by atoms with Crippen LogP contribution < -0.4 is 0 Å². The summed E-state index contributed by atoms with van der Waals surface area (Å²) >= 11 is 20.7. The minimum Gasteiger partial charge on any atom is -0.114 e. The van der Waals surface area contributed by atoms with Crippen LogP contribution in [-0.2, 0) is 12.8 Å². The fraction of sp³-hybridized carbons (Fsp3) is 0.273. The van der Waals surface area contributed by atoms with E-state index < -0.39 is 4.87 Å². The number of halogens is 3. The molecule has 3 heteroatoms. The van der Waals surface area contributed by atoms with Crippen molar-refractivity contribution in [2.24, 2.45) is 5.92 Å². The van der Waals surface area contributed by atoms with Gasteiger partial charge in [-0.05, 0) is 46.6 Å². The second kappa shape index (κ2) is 5.64. The predicted octanol–water partition coefficient (Wildman–Crippen LogP) is 6.65. The summed E-state index contributed by atoms with van der Waals surface area (Å²) < 4.78 is 0. The summed E-state index contributed by atoms with van der Waals surface area (Å²) in [6.45, 7) is 0. The highest BCUT2D eigenvalue weighted by Gasteiger charge is 2.53. The highest BCUT2D eigenvalue weighted by molar-refractivity contribution is 6.41. The number of benzene rings is 2. The van der Waals surface area contributed by atoms with Crippen LogP contribution in [0.15, 0.2) is 64.2 Å². The van der Waals surface area contributed by atoms with Gasteiger partial charge in [0.2, 0.25) is 0 Å². The average molecular weight is 388 g/mol. The monoisotopic (exact) mass is 386 g/mol. The summed E-state index contributed by atoms with van der Waals surface area (Å²) in [6.07, 6.45) is 4.75. The van der Waals surface area contributed by atoms with E-state index in [1.807, 2.05) is 0 Å². The lowest BCUT2D eigenvalue weighted by atomic mass is 9.71. The summed E-state index contributed by atoms with van der Waals surface area (Å²) in [4.78, 5) is -0.474. The fourth-order valence-corrected chi connectivity index (χ4v) is 6.03. The fourth-order valence-electron chi connectivity index (χ4n) is 4.84. The van der Waals surface area contributed by atoms with Crippen molar-refractivity contribution >= 4 is 40.9 Å². The van der Waals surface area contributed by atoms with E-state index in [1.165, 1.54) is 27.8 Å². The van der Waals surface area contributed by atoms with Crippen molar-refractivity contribution in [2.45, 2.75) is 30.1 Å². The van der Waals surface area contributed by atoms with Crippen LogP contribution in [-0.4, -0.2) is 4.87 Å². The van der Waals surface area contributed by atoms with Crippen LogP contribution in [0, 0.1) is 5.92 Å². The first kappa shape index (κ1) is 16.0. The summed E-state index contributed by atoms with van der Waals surface area (Å²) in [5, 5.41) is 1.50. The molecule has 0 amide bonds. The molecule has 0 radical (unpaired) electrons. The van der Waals surface area contributed by atoms with E-state index in [-0.39, 0.29) is 11.8 Å². The average Bonchev–Trinajstić information content (AvgIpc) is 3.22. The third-order valence-electron chi connectivity index (χ3n) is 6.06. The van der Waals surface area contributed by atoms with E-state index in [0.29, 0.717) is 11.5 Å². The zero-order valence-corrected chi connectivity index (χ0v) is 15.9. The van der Waals surface area contributed by atoms with Gasteiger partial charge in [-0.15, -0.1) is 11.6 Å². The van der Waals surface area contributed by atoms with Crippen molar-refractivity contribution in [1.29, 1.82) is 0 Å². The summed E-state index contributed by atoms with van der Waals surface area (Å²) in [5.74, 6) is 0.364. The number of hydrogen-bond acceptors (Lipinski definition) is 0. The largest absolute Gasteiger partial charge is 0.114 e. The van der Waals surface area contributed by atoms with Crippen molar-refractivity contribution < 1.29 is 0 Å². The van der Waals surface area contributed by atoms with E-state index in [4.69, 9.17) is 34.8 Å². The minimum absolute atomic E-state index is 0.112.